The molecule has 3 heteroatoms. The molecule has 0 saturated heterocycles. The van der Waals surface area contributed by atoms with E-state index in [0.29, 0.717) is 5.25 Å². The van der Waals surface area contributed by atoms with Crippen molar-refractivity contribution in [3.8, 4) is 0 Å². The molecule has 1 atom stereocenters. The van der Waals surface area contributed by atoms with E-state index in [1.165, 1.54) is 0 Å². The third-order valence-corrected chi connectivity index (χ3v) is 2.08. The molecule has 0 rings (SSSR count). The lowest BCUT2D eigenvalue weighted by molar-refractivity contribution is 0.285. The summed E-state index contributed by atoms with van der Waals surface area (Å²) >= 11 is 8.21. The predicted octanol–water partition coefficient (Wildman–Crippen LogP) is 0.987. The number of aliphatic hydroxyl groups excluding tert-OH is 1. The summed E-state index contributed by atoms with van der Waals surface area (Å²) in [5.74, 6) is 0.795. The topological polar surface area (TPSA) is 20.2 Å². The Bertz CT molecular complexity index is 49.7. The van der Waals surface area contributed by atoms with Gasteiger partial charge in [-0.05, 0) is 12.8 Å². The molecule has 0 aliphatic rings. The predicted molar refractivity (Wildman–Crippen MR) is 42.9 cm³/mol. The molecule has 0 bridgehead atoms. The van der Waals surface area contributed by atoms with Crippen molar-refractivity contribution in [3.63, 3.8) is 0 Å². The molecule has 0 aromatic heterocycles. The van der Waals surface area contributed by atoms with Crippen molar-refractivity contribution in [2.75, 3.05) is 12.4 Å². The van der Waals surface area contributed by atoms with Crippen LogP contribution >= 0.6 is 25.3 Å². The van der Waals surface area contributed by atoms with E-state index in [9.17, 15) is 0 Å². The van der Waals surface area contributed by atoms with Crippen LogP contribution in [0.15, 0.2) is 0 Å². The average Bonchev–Trinajstić information content (AvgIpc) is 1.83. The van der Waals surface area contributed by atoms with E-state index < -0.39 is 0 Å². The van der Waals surface area contributed by atoms with Gasteiger partial charge in [-0.25, -0.2) is 0 Å². The zero-order valence-electron chi connectivity index (χ0n) is 4.75. The number of thiol groups is 2. The lowest BCUT2D eigenvalue weighted by Crippen LogP contribution is -2.00. The van der Waals surface area contributed by atoms with Crippen LogP contribution in [0.3, 0.4) is 0 Å². The van der Waals surface area contributed by atoms with Crippen LogP contribution in [0.2, 0.25) is 0 Å². The molecule has 8 heavy (non-hydrogen) atoms. The second kappa shape index (κ2) is 5.79. The SMILES string of the molecule is OCCCC(S)CS. The second-order valence-electron chi connectivity index (χ2n) is 1.70. The van der Waals surface area contributed by atoms with Gasteiger partial charge in [0, 0.05) is 17.6 Å². The molecule has 0 fully saturated rings. The van der Waals surface area contributed by atoms with E-state index >= 15 is 0 Å². The van der Waals surface area contributed by atoms with Crippen molar-refractivity contribution in [3.05, 3.63) is 0 Å². The Morgan fingerprint density at radius 2 is 2.12 bits per heavy atom. The van der Waals surface area contributed by atoms with Crippen LogP contribution < -0.4 is 0 Å². The maximum atomic E-state index is 8.35. The summed E-state index contributed by atoms with van der Waals surface area (Å²) in [5.41, 5.74) is 0. The first-order chi connectivity index (χ1) is 3.81. The normalized spacial score (nSPS) is 13.9. The Labute approximate surface area is 61.3 Å². The number of hydrogen-bond acceptors (Lipinski definition) is 3. The molecule has 1 N–H and O–H groups in total. The molecular weight excluding hydrogens is 140 g/mol. The van der Waals surface area contributed by atoms with E-state index in [1.54, 1.807) is 0 Å². The molecule has 50 valence electrons. The third-order valence-electron chi connectivity index (χ3n) is 0.906. The van der Waals surface area contributed by atoms with E-state index in [4.69, 9.17) is 5.11 Å². The van der Waals surface area contributed by atoms with Gasteiger partial charge in [0.1, 0.15) is 0 Å². The first kappa shape index (κ1) is 8.66. The fraction of sp³-hybridized carbons (Fsp3) is 1.00. The molecule has 0 radical (unpaired) electrons. The Morgan fingerprint density at radius 3 is 2.50 bits per heavy atom. The number of hydrogen-bond donors (Lipinski definition) is 3. The van der Waals surface area contributed by atoms with Crippen molar-refractivity contribution in [1.82, 2.24) is 0 Å². The van der Waals surface area contributed by atoms with E-state index in [-0.39, 0.29) is 6.61 Å². The molecule has 0 aliphatic heterocycles. The van der Waals surface area contributed by atoms with Crippen LogP contribution in [0.25, 0.3) is 0 Å². The molecule has 0 aromatic rings. The summed E-state index contributed by atoms with van der Waals surface area (Å²) in [7, 11) is 0. The highest BCUT2D eigenvalue weighted by Crippen LogP contribution is 2.04. The van der Waals surface area contributed by atoms with Gasteiger partial charge in [0.2, 0.25) is 0 Å². The minimum Gasteiger partial charge on any atom is -0.396 e. The highest BCUT2D eigenvalue weighted by molar-refractivity contribution is 7.84. The fourth-order valence-corrected chi connectivity index (χ4v) is 0.783. The van der Waals surface area contributed by atoms with Gasteiger partial charge in [-0.2, -0.15) is 25.3 Å². The summed E-state index contributed by atoms with van der Waals surface area (Å²) in [6.07, 6.45) is 1.80. The van der Waals surface area contributed by atoms with Gasteiger partial charge in [0.05, 0.1) is 0 Å². The molecule has 1 nitrogen and oxygen atoms in total. The third kappa shape index (κ3) is 4.81. The fourth-order valence-electron chi connectivity index (χ4n) is 0.418. The average molecular weight is 152 g/mol. The zero-order chi connectivity index (χ0) is 6.41. The lowest BCUT2D eigenvalue weighted by atomic mass is 10.2. The van der Waals surface area contributed by atoms with Crippen molar-refractivity contribution in [2.24, 2.45) is 0 Å². The van der Waals surface area contributed by atoms with Crippen LogP contribution in [0.5, 0.6) is 0 Å². The highest BCUT2D eigenvalue weighted by atomic mass is 32.1. The van der Waals surface area contributed by atoms with Crippen LogP contribution in [0, 0.1) is 0 Å². The van der Waals surface area contributed by atoms with E-state index in [0.717, 1.165) is 18.6 Å². The van der Waals surface area contributed by atoms with Gasteiger partial charge in [-0.15, -0.1) is 0 Å². The van der Waals surface area contributed by atoms with Gasteiger partial charge in [-0.3, -0.25) is 0 Å². The summed E-state index contributed by atoms with van der Waals surface area (Å²) in [5, 5.41) is 8.70. The summed E-state index contributed by atoms with van der Waals surface area (Å²) in [6, 6.07) is 0. The maximum absolute atomic E-state index is 8.35. The van der Waals surface area contributed by atoms with Crippen molar-refractivity contribution in [2.45, 2.75) is 18.1 Å². The first-order valence-electron chi connectivity index (χ1n) is 2.71. The molecule has 0 heterocycles. The van der Waals surface area contributed by atoms with Gasteiger partial charge >= 0.3 is 0 Å². The smallest absolute Gasteiger partial charge is 0.0431 e. The van der Waals surface area contributed by atoms with Gasteiger partial charge in [-0.1, -0.05) is 0 Å². The quantitative estimate of drug-likeness (QED) is 0.513. The Morgan fingerprint density at radius 1 is 1.50 bits per heavy atom. The van der Waals surface area contributed by atoms with Crippen molar-refractivity contribution in [1.29, 1.82) is 0 Å². The summed E-state index contributed by atoms with van der Waals surface area (Å²) in [4.78, 5) is 0. The number of aliphatic hydroxyl groups is 1. The zero-order valence-corrected chi connectivity index (χ0v) is 6.54. The van der Waals surface area contributed by atoms with Crippen LogP contribution in [0.4, 0.5) is 0 Å². The molecule has 0 aromatic carbocycles. The Kier molecular flexibility index (Phi) is 6.27. The van der Waals surface area contributed by atoms with Crippen LogP contribution in [-0.2, 0) is 0 Å². The molecule has 0 saturated carbocycles. The Balaban J connectivity index is 2.86. The van der Waals surface area contributed by atoms with Gasteiger partial charge in [0.15, 0.2) is 0 Å². The van der Waals surface area contributed by atoms with Gasteiger partial charge in [0.25, 0.3) is 0 Å². The summed E-state index contributed by atoms with van der Waals surface area (Å²) in [6.45, 7) is 0.269. The molecule has 0 spiro atoms. The van der Waals surface area contributed by atoms with Gasteiger partial charge < -0.3 is 5.11 Å². The van der Waals surface area contributed by atoms with Crippen LogP contribution in [0.1, 0.15) is 12.8 Å². The largest absolute Gasteiger partial charge is 0.396 e. The monoisotopic (exact) mass is 152 g/mol. The maximum Gasteiger partial charge on any atom is 0.0431 e. The minimum atomic E-state index is 0.269. The second-order valence-corrected chi connectivity index (χ2v) is 2.80. The molecule has 1 unspecified atom stereocenters. The van der Waals surface area contributed by atoms with Crippen LogP contribution in [-0.4, -0.2) is 22.7 Å². The van der Waals surface area contributed by atoms with E-state index in [1.807, 2.05) is 0 Å². The lowest BCUT2D eigenvalue weighted by Gasteiger charge is -2.02. The minimum absolute atomic E-state index is 0.269. The highest BCUT2D eigenvalue weighted by Gasteiger charge is 1.96. The molecular formula is C5H12OS2. The molecule has 0 aliphatic carbocycles. The van der Waals surface area contributed by atoms with Crippen molar-refractivity contribution < 1.29 is 5.11 Å². The number of rotatable bonds is 4. The van der Waals surface area contributed by atoms with E-state index in [2.05, 4.69) is 25.3 Å². The standard InChI is InChI=1S/C5H12OS2/c6-3-1-2-5(8)4-7/h5-8H,1-4H2. The first-order valence-corrected chi connectivity index (χ1v) is 3.86. The Hall–Kier alpha value is 0.660. The molecule has 0 amide bonds. The summed E-state index contributed by atoms with van der Waals surface area (Å²) < 4.78 is 0. The van der Waals surface area contributed by atoms with Crippen molar-refractivity contribution >= 4 is 25.3 Å².